The molecule has 0 aliphatic heterocycles. The summed E-state index contributed by atoms with van der Waals surface area (Å²) < 4.78 is 42.6. The molecule has 2 atom stereocenters. The monoisotopic (exact) mass is 567 g/mol. The zero-order valence-electron chi connectivity index (χ0n) is 23.9. The van der Waals surface area contributed by atoms with E-state index in [1.165, 1.54) is 29.2 Å². The first-order valence-electron chi connectivity index (χ1n) is 13.3. The summed E-state index contributed by atoms with van der Waals surface area (Å²) in [5.74, 6) is -1.34. The van der Waals surface area contributed by atoms with E-state index in [1.54, 1.807) is 50.2 Å². The van der Waals surface area contributed by atoms with E-state index in [0.717, 1.165) is 15.4 Å². The van der Waals surface area contributed by atoms with E-state index in [2.05, 4.69) is 5.32 Å². The lowest BCUT2D eigenvalue weighted by atomic mass is 10.1. The maximum absolute atomic E-state index is 14.0. The van der Waals surface area contributed by atoms with Gasteiger partial charge < -0.3 is 10.2 Å². The Kier molecular flexibility index (Phi) is 10.1. The molecule has 214 valence electrons. The van der Waals surface area contributed by atoms with Gasteiger partial charge in [-0.1, -0.05) is 54.4 Å². The lowest BCUT2D eigenvalue weighted by Gasteiger charge is -2.33. The Bertz CT molecular complexity index is 1440. The number of aryl methyl sites for hydroxylation is 3. The third kappa shape index (κ3) is 7.47. The number of nitrogens with zero attached hydrogens (tertiary/aromatic N) is 2. The summed E-state index contributed by atoms with van der Waals surface area (Å²) in [5, 5.41) is 2.90. The summed E-state index contributed by atoms with van der Waals surface area (Å²) in [6.07, 6.45) is 0.708. The van der Waals surface area contributed by atoms with E-state index in [-0.39, 0.29) is 23.4 Å². The predicted molar refractivity (Wildman–Crippen MR) is 156 cm³/mol. The molecule has 1 N–H and O–H groups in total. The molecule has 40 heavy (non-hydrogen) atoms. The number of hydrogen-bond acceptors (Lipinski definition) is 4. The number of sulfonamides is 1. The smallest absolute Gasteiger partial charge is 0.264 e. The van der Waals surface area contributed by atoms with Gasteiger partial charge in [-0.25, -0.2) is 12.8 Å². The number of hydrogen-bond donors (Lipinski definition) is 1. The molecule has 0 aromatic heterocycles. The molecule has 0 saturated carbocycles. The molecule has 3 aromatic rings. The lowest BCUT2D eigenvalue weighted by molar-refractivity contribution is -0.139. The molecule has 3 aromatic carbocycles. The van der Waals surface area contributed by atoms with Crippen molar-refractivity contribution in [1.82, 2.24) is 10.2 Å². The molecule has 0 unspecified atom stereocenters. The molecule has 0 spiro atoms. The first-order chi connectivity index (χ1) is 18.8. The molecular weight excluding hydrogens is 529 g/mol. The summed E-state index contributed by atoms with van der Waals surface area (Å²) in [6.45, 7) is 10.4. The van der Waals surface area contributed by atoms with Crippen molar-refractivity contribution in [1.29, 1.82) is 0 Å². The fourth-order valence-corrected chi connectivity index (χ4v) is 5.75. The van der Waals surface area contributed by atoms with Gasteiger partial charge in [-0.3, -0.25) is 13.9 Å². The van der Waals surface area contributed by atoms with E-state index < -0.39 is 34.3 Å². The quantitative estimate of drug-likeness (QED) is 0.342. The van der Waals surface area contributed by atoms with Crippen molar-refractivity contribution in [2.45, 2.75) is 71.5 Å². The van der Waals surface area contributed by atoms with Gasteiger partial charge in [-0.2, -0.15) is 0 Å². The Morgan fingerprint density at radius 1 is 0.900 bits per heavy atom. The Labute approximate surface area is 237 Å². The molecule has 3 rings (SSSR count). The second-order valence-corrected chi connectivity index (χ2v) is 12.1. The number of anilines is 1. The average molecular weight is 568 g/mol. The fourth-order valence-electron chi connectivity index (χ4n) is 4.27. The average Bonchev–Trinajstić information content (AvgIpc) is 2.91. The van der Waals surface area contributed by atoms with E-state index in [1.807, 2.05) is 33.8 Å². The van der Waals surface area contributed by atoms with Crippen molar-refractivity contribution >= 4 is 27.5 Å². The van der Waals surface area contributed by atoms with Gasteiger partial charge in [-0.15, -0.1) is 0 Å². The minimum atomic E-state index is -4.15. The molecule has 0 fully saturated rings. The molecule has 9 heteroatoms. The number of nitrogens with one attached hydrogen (secondary N) is 1. The first kappa shape index (κ1) is 30.8. The summed E-state index contributed by atoms with van der Waals surface area (Å²) in [5.41, 5.74) is 3.53. The lowest BCUT2D eigenvalue weighted by Crippen LogP contribution is -2.52. The molecule has 0 saturated heterocycles. The maximum atomic E-state index is 14.0. The van der Waals surface area contributed by atoms with Crippen LogP contribution in [0, 0.1) is 26.6 Å². The van der Waals surface area contributed by atoms with Gasteiger partial charge in [0.15, 0.2) is 0 Å². The van der Waals surface area contributed by atoms with Crippen LogP contribution in [-0.4, -0.2) is 43.8 Å². The molecule has 7 nitrogen and oxygen atoms in total. The topological polar surface area (TPSA) is 86.8 Å². The van der Waals surface area contributed by atoms with Crippen molar-refractivity contribution in [3.8, 4) is 0 Å². The van der Waals surface area contributed by atoms with Crippen LogP contribution in [0.15, 0.2) is 71.6 Å². The van der Waals surface area contributed by atoms with Crippen molar-refractivity contribution in [3.05, 3.63) is 94.8 Å². The molecule has 0 aliphatic rings. The fraction of sp³-hybridized carbons (Fsp3) is 0.355. The van der Waals surface area contributed by atoms with Gasteiger partial charge in [0.1, 0.15) is 18.4 Å². The van der Waals surface area contributed by atoms with Crippen LogP contribution in [0.1, 0.15) is 49.4 Å². The van der Waals surface area contributed by atoms with Crippen molar-refractivity contribution in [2.75, 3.05) is 10.8 Å². The minimum Gasteiger partial charge on any atom is -0.352 e. The van der Waals surface area contributed by atoms with Gasteiger partial charge >= 0.3 is 0 Å². The maximum Gasteiger partial charge on any atom is 0.264 e. The Morgan fingerprint density at radius 3 is 2.08 bits per heavy atom. The SMILES string of the molecule is CC[C@@H](C)NC(=O)[C@@H](C)N(Cc1ccc(F)cc1)C(=O)CN(c1ccc(C)cc1C)S(=O)(=O)c1ccc(C)cc1. The van der Waals surface area contributed by atoms with E-state index in [9.17, 15) is 22.4 Å². The van der Waals surface area contributed by atoms with Crippen LogP contribution in [0.5, 0.6) is 0 Å². The highest BCUT2D eigenvalue weighted by atomic mass is 32.2. The highest BCUT2D eigenvalue weighted by Crippen LogP contribution is 2.28. The molecule has 0 bridgehead atoms. The Hall–Kier alpha value is -3.72. The number of benzene rings is 3. The number of halogens is 1. The number of carbonyl (C=O) groups is 2. The van der Waals surface area contributed by atoms with Crippen molar-refractivity contribution < 1.29 is 22.4 Å². The summed E-state index contributed by atoms with van der Waals surface area (Å²) >= 11 is 0. The van der Waals surface area contributed by atoms with Gasteiger partial charge in [0.2, 0.25) is 11.8 Å². The second kappa shape index (κ2) is 13.1. The van der Waals surface area contributed by atoms with Gasteiger partial charge in [0.25, 0.3) is 10.0 Å². The molecular formula is C31H38FN3O4S. The largest absolute Gasteiger partial charge is 0.352 e. The van der Waals surface area contributed by atoms with Crippen molar-refractivity contribution in [3.63, 3.8) is 0 Å². The van der Waals surface area contributed by atoms with Gasteiger partial charge in [-0.05, 0) is 82.5 Å². The van der Waals surface area contributed by atoms with Crippen LogP contribution >= 0.6 is 0 Å². The summed E-state index contributed by atoms with van der Waals surface area (Å²) in [7, 11) is -4.15. The molecule has 0 heterocycles. The normalized spacial score (nSPS) is 12.9. The van der Waals surface area contributed by atoms with E-state index in [0.29, 0.717) is 23.2 Å². The molecule has 0 radical (unpaired) electrons. The Morgan fingerprint density at radius 2 is 1.50 bits per heavy atom. The zero-order valence-corrected chi connectivity index (χ0v) is 24.8. The molecule has 0 aliphatic carbocycles. The summed E-state index contributed by atoms with van der Waals surface area (Å²) in [4.78, 5) is 28.5. The number of amides is 2. The highest BCUT2D eigenvalue weighted by Gasteiger charge is 2.33. The van der Waals surface area contributed by atoms with Crippen LogP contribution in [-0.2, 0) is 26.2 Å². The molecule has 2 amide bonds. The predicted octanol–water partition coefficient (Wildman–Crippen LogP) is 5.28. The van der Waals surface area contributed by atoms with Crippen molar-refractivity contribution in [2.24, 2.45) is 0 Å². The third-order valence-corrected chi connectivity index (χ3v) is 8.72. The summed E-state index contributed by atoms with van der Waals surface area (Å²) in [6, 6.07) is 16.4. The zero-order chi connectivity index (χ0) is 29.6. The third-order valence-electron chi connectivity index (χ3n) is 6.94. The second-order valence-electron chi connectivity index (χ2n) is 10.3. The Balaban J connectivity index is 2.05. The minimum absolute atomic E-state index is 0.000491. The van der Waals surface area contributed by atoms with Crippen LogP contribution in [0.2, 0.25) is 0 Å². The van der Waals surface area contributed by atoms with Crippen LogP contribution < -0.4 is 9.62 Å². The van der Waals surface area contributed by atoms with Crippen LogP contribution in [0.4, 0.5) is 10.1 Å². The van der Waals surface area contributed by atoms with Crippen LogP contribution in [0.25, 0.3) is 0 Å². The van der Waals surface area contributed by atoms with Crippen LogP contribution in [0.3, 0.4) is 0 Å². The highest BCUT2D eigenvalue weighted by molar-refractivity contribution is 7.92. The van der Waals surface area contributed by atoms with Gasteiger partial charge in [0, 0.05) is 12.6 Å². The number of carbonyl (C=O) groups excluding carboxylic acids is 2. The first-order valence-corrected chi connectivity index (χ1v) is 14.8. The standard InChI is InChI=1S/C31H38FN3O4S/c1-7-24(5)33-31(37)25(6)34(19-26-11-13-27(32)14-12-26)30(36)20-35(29-17-10-22(3)18-23(29)4)40(38,39)28-15-8-21(2)9-16-28/h8-18,24-25H,7,19-20H2,1-6H3,(H,33,37)/t24-,25-/m1/s1. The number of rotatable bonds is 11. The van der Waals surface area contributed by atoms with Gasteiger partial charge in [0.05, 0.1) is 10.6 Å². The van der Waals surface area contributed by atoms with E-state index >= 15 is 0 Å². The van der Waals surface area contributed by atoms with E-state index in [4.69, 9.17) is 0 Å².